The molecule has 0 spiro atoms. The van der Waals surface area contributed by atoms with Gasteiger partial charge in [-0.05, 0) is 18.2 Å². The molecule has 1 atom stereocenters. The molecule has 1 aromatic carbocycles. The van der Waals surface area contributed by atoms with Crippen LogP contribution in [-0.2, 0) is 10.8 Å². The minimum Gasteiger partial charge on any atom is -0.497 e. The summed E-state index contributed by atoms with van der Waals surface area (Å²) in [5.74, 6) is 0.871. The molecular formula is C11H14BrNO3S. The van der Waals surface area contributed by atoms with E-state index in [1.54, 1.807) is 31.6 Å². The van der Waals surface area contributed by atoms with Crippen LogP contribution >= 0.6 is 15.9 Å². The van der Waals surface area contributed by atoms with Crippen LogP contribution in [-0.4, -0.2) is 35.8 Å². The first kappa shape index (κ1) is 14.2. The van der Waals surface area contributed by atoms with Crippen molar-refractivity contribution in [2.75, 3.05) is 25.7 Å². The van der Waals surface area contributed by atoms with Crippen LogP contribution in [0.15, 0.2) is 22.7 Å². The molecule has 0 saturated heterocycles. The molecule has 0 fully saturated rings. The summed E-state index contributed by atoms with van der Waals surface area (Å²) in [5, 5.41) is 2.70. The number of hydrogen-bond donors (Lipinski definition) is 1. The lowest BCUT2D eigenvalue weighted by Gasteiger charge is -2.07. The molecule has 1 rings (SSSR count). The molecule has 0 aliphatic carbocycles. The number of benzene rings is 1. The highest BCUT2D eigenvalue weighted by Gasteiger charge is 2.08. The third kappa shape index (κ3) is 4.87. The zero-order valence-electron chi connectivity index (χ0n) is 9.66. The molecule has 0 saturated carbocycles. The molecule has 0 radical (unpaired) electrons. The molecular weight excluding hydrogens is 306 g/mol. The molecule has 4 nitrogen and oxygen atoms in total. The first-order valence-corrected chi connectivity index (χ1v) is 7.47. The van der Waals surface area contributed by atoms with Crippen molar-refractivity contribution in [3.05, 3.63) is 28.2 Å². The second-order valence-corrected chi connectivity index (χ2v) is 5.88. The Kier molecular flexibility index (Phi) is 5.64. The second kappa shape index (κ2) is 6.76. The fraction of sp³-hybridized carbons (Fsp3) is 0.364. The summed E-state index contributed by atoms with van der Waals surface area (Å²) in [6.07, 6.45) is 1.61. The number of rotatable bonds is 5. The van der Waals surface area contributed by atoms with E-state index in [9.17, 15) is 9.00 Å². The SMILES string of the molecule is COc1cc(Br)cc(C(=O)NCCS(C)=O)c1. The molecule has 1 N–H and O–H groups in total. The van der Waals surface area contributed by atoms with Gasteiger partial charge >= 0.3 is 0 Å². The van der Waals surface area contributed by atoms with Crippen LogP contribution in [0.25, 0.3) is 0 Å². The molecule has 0 aliphatic rings. The first-order chi connectivity index (χ1) is 8.02. The van der Waals surface area contributed by atoms with E-state index in [1.165, 1.54) is 0 Å². The van der Waals surface area contributed by atoms with Crippen molar-refractivity contribution in [1.82, 2.24) is 5.32 Å². The quantitative estimate of drug-likeness (QED) is 0.896. The number of methoxy groups -OCH3 is 1. The normalized spacial score (nSPS) is 11.9. The van der Waals surface area contributed by atoms with Gasteiger partial charge in [0.2, 0.25) is 0 Å². The Balaban J connectivity index is 2.68. The maximum atomic E-state index is 11.8. The number of nitrogens with one attached hydrogen (secondary N) is 1. The van der Waals surface area contributed by atoms with Gasteiger partial charge in [0.05, 0.1) is 7.11 Å². The highest BCUT2D eigenvalue weighted by molar-refractivity contribution is 9.10. The van der Waals surface area contributed by atoms with E-state index in [0.29, 0.717) is 23.6 Å². The maximum Gasteiger partial charge on any atom is 0.251 e. The smallest absolute Gasteiger partial charge is 0.251 e. The maximum absolute atomic E-state index is 11.8. The van der Waals surface area contributed by atoms with Crippen LogP contribution in [0.4, 0.5) is 0 Å². The van der Waals surface area contributed by atoms with Crippen LogP contribution in [0, 0.1) is 0 Å². The summed E-state index contributed by atoms with van der Waals surface area (Å²) < 4.78 is 16.7. The topological polar surface area (TPSA) is 55.4 Å². The van der Waals surface area contributed by atoms with Crippen molar-refractivity contribution >= 4 is 32.6 Å². The molecule has 0 aliphatic heterocycles. The Morgan fingerprint density at radius 1 is 1.47 bits per heavy atom. The van der Waals surface area contributed by atoms with Crippen LogP contribution < -0.4 is 10.1 Å². The monoisotopic (exact) mass is 319 g/mol. The van der Waals surface area contributed by atoms with E-state index in [1.807, 2.05) is 0 Å². The van der Waals surface area contributed by atoms with E-state index < -0.39 is 10.8 Å². The molecule has 6 heteroatoms. The molecule has 0 heterocycles. The Labute approximate surface area is 111 Å². The lowest BCUT2D eigenvalue weighted by molar-refractivity contribution is 0.0955. The van der Waals surface area contributed by atoms with Gasteiger partial charge in [-0.15, -0.1) is 0 Å². The summed E-state index contributed by atoms with van der Waals surface area (Å²) in [7, 11) is 0.648. The van der Waals surface area contributed by atoms with Gasteiger partial charge in [-0.1, -0.05) is 15.9 Å². The Hall–Kier alpha value is -0.880. The second-order valence-electron chi connectivity index (χ2n) is 3.41. The summed E-state index contributed by atoms with van der Waals surface area (Å²) in [6.45, 7) is 0.400. The van der Waals surface area contributed by atoms with Crippen LogP contribution in [0.2, 0.25) is 0 Å². The van der Waals surface area contributed by atoms with Gasteiger partial charge in [0.15, 0.2) is 0 Å². The summed E-state index contributed by atoms with van der Waals surface area (Å²) in [6, 6.07) is 5.14. The zero-order chi connectivity index (χ0) is 12.8. The van der Waals surface area contributed by atoms with Crippen molar-refractivity contribution in [1.29, 1.82) is 0 Å². The Bertz CT molecular complexity index is 437. The number of halogens is 1. The van der Waals surface area contributed by atoms with Crippen molar-refractivity contribution in [2.45, 2.75) is 0 Å². The van der Waals surface area contributed by atoms with E-state index in [2.05, 4.69) is 21.2 Å². The predicted molar refractivity (Wildman–Crippen MR) is 72.0 cm³/mol. The molecule has 94 valence electrons. The van der Waals surface area contributed by atoms with Crippen LogP contribution in [0.1, 0.15) is 10.4 Å². The summed E-state index contributed by atoms with van der Waals surface area (Å²) in [5.41, 5.74) is 0.512. The van der Waals surface area contributed by atoms with Crippen molar-refractivity contribution in [3.8, 4) is 5.75 Å². The number of carbonyl (C=O) groups is 1. The molecule has 0 bridgehead atoms. The van der Waals surface area contributed by atoms with Crippen LogP contribution in [0.3, 0.4) is 0 Å². The minimum atomic E-state index is -0.897. The highest BCUT2D eigenvalue weighted by atomic mass is 79.9. The molecule has 1 unspecified atom stereocenters. The van der Waals surface area contributed by atoms with Crippen molar-refractivity contribution in [2.24, 2.45) is 0 Å². The van der Waals surface area contributed by atoms with Gasteiger partial charge in [-0.25, -0.2) is 0 Å². The summed E-state index contributed by atoms with van der Waals surface area (Å²) in [4.78, 5) is 11.8. The number of hydrogen-bond acceptors (Lipinski definition) is 3. The third-order valence-corrected chi connectivity index (χ3v) is 3.28. The van der Waals surface area contributed by atoms with Crippen molar-refractivity contribution in [3.63, 3.8) is 0 Å². The largest absolute Gasteiger partial charge is 0.497 e. The Morgan fingerprint density at radius 2 is 2.18 bits per heavy atom. The standard InChI is InChI=1S/C11H14BrNO3S/c1-16-10-6-8(5-9(12)7-10)11(14)13-3-4-17(2)15/h5-7H,3-4H2,1-2H3,(H,13,14). The lowest BCUT2D eigenvalue weighted by Crippen LogP contribution is -2.27. The van der Waals surface area contributed by atoms with Gasteiger partial charge in [0.1, 0.15) is 5.75 Å². The highest BCUT2D eigenvalue weighted by Crippen LogP contribution is 2.21. The fourth-order valence-electron chi connectivity index (χ4n) is 1.22. The van der Waals surface area contributed by atoms with Gasteiger partial charge in [0, 0.05) is 39.4 Å². The molecule has 1 aromatic rings. The third-order valence-electron chi connectivity index (χ3n) is 2.04. The van der Waals surface area contributed by atoms with E-state index in [0.717, 1.165) is 4.47 Å². The van der Waals surface area contributed by atoms with Crippen LogP contribution in [0.5, 0.6) is 5.75 Å². The lowest BCUT2D eigenvalue weighted by atomic mass is 10.2. The fourth-order valence-corrected chi connectivity index (χ4v) is 2.08. The van der Waals surface area contributed by atoms with Crippen molar-refractivity contribution < 1.29 is 13.7 Å². The minimum absolute atomic E-state index is 0.199. The van der Waals surface area contributed by atoms with Gasteiger partial charge < -0.3 is 10.1 Å². The first-order valence-electron chi connectivity index (χ1n) is 4.95. The Morgan fingerprint density at radius 3 is 2.76 bits per heavy atom. The average Bonchev–Trinajstić information content (AvgIpc) is 2.27. The van der Waals surface area contributed by atoms with E-state index in [-0.39, 0.29) is 5.91 Å². The summed E-state index contributed by atoms with van der Waals surface area (Å²) >= 11 is 3.30. The number of ether oxygens (including phenoxy) is 1. The van der Waals surface area contributed by atoms with E-state index >= 15 is 0 Å². The predicted octanol–water partition coefficient (Wildman–Crippen LogP) is 1.57. The molecule has 17 heavy (non-hydrogen) atoms. The van der Waals surface area contributed by atoms with Gasteiger partial charge in [0.25, 0.3) is 5.91 Å². The van der Waals surface area contributed by atoms with E-state index in [4.69, 9.17) is 4.74 Å². The molecule has 0 aromatic heterocycles. The zero-order valence-corrected chi connectivity index (χ0v) is 12.1. The number of amides is 1. The van der Waals surface area contributed by atoms with Gasteiger partial charge in [-0.2, -0.15) is 0 Å². The average molecular weight is 320 g/mol. The molecule has 1 amide bonds. The van der Waals surface area contributed by atoms with Gasteiger partial charge in [-0.3, -0.25) is 9.00 Å². The number of carbonyl (C=O) groups excluding carboxylic acids is 1.